The van der Waals surface area contributed by atoms with Crippen molar-refractivity contribution in [3.05, 3.63) is 0 Å². The molecule has 0 saturated heterocycles. The maximum absolute atomic E-state index is 9.32. The van der Waals surface area contributed by atoms with E-state index in [1.807, 2.05) is 0 Å². The zero-order chi connectivity index (χ0) is 22.6. The maximum Gasteiger partial charge on any atom is 0.288 e. The minimum absolute atomic E-state index is 0.284. The molecule has 0 aliphatic heterocycles. The lowest BCUT2D eigenvalue weighted by Gasteiger charge is -2.47. The third-order valence-corrected chi connectivity index (χ3v) is 6.69. The molecule has 0 aromatic carbocycles. The highest BCUT2D eigenvalue weighted by Gasteiger charge is 2.52. The number of unbranched alkanes of at least 4 members (excludes halogenated alkanes) is 12. The Morgan fingerprint density at radius 3 is 1.27 bits per heavy atom. The molecule has 0 radical (unpaired) electrons. The summed E-state index contributed by atoms with van der Waals surface area (Å²) in [7, 11) is 5.01. The van der Waals surface area contributed by atoms with Crippen LogP contribution in [0.1, 0.15) is 129 Å². The lowest BCUT2D eigenvalue weighted by molar-refractivity contribution is -0.411. The van der Waals surface area contributed by atoms with E-state index in [-0.39, 0.29) is 5.41 Å². The number of hydrogen-bond acceptors (Lipinski definition) is 4. The van der Waals surface area contributed by atoms with Gasteiger partial charge in [-0.2, -0.15) is 5.26 Å². The molecule has 1 unspecified atom stereocenters. The summed E-state index contributed by atoms with van der Waals surface area (Å²) in [6.07, 6.45) is 21.1. The molecule has 0 amide bonds. The van der Waals surface area contributed by atoms with E-state index in [1.165, 1.54) is 77.0 Å². The summed E-state index contributed by atoms with van der Waals surface area (Å²) in [5.41, 5.74) is -0.284. The van der Waals surface area contributed by atoms with Crippen LogP contribution in [0.3, 0.4) is 0 Å². The summed E-state index contributed by atoms with van der Waals surface area (Å²) in [5, 5.41) is 9.32. The molecule has 0 aliphatic carbocycles. The molecule has 0 fully saturated rings. The molecule has 4 heteroatoms. The van der Waals surface area contributed by atoms with Crippen LogP contribution in [-0.2, 0) is 14.2 Å². The van der Waals surface area contributed by atoms with Crippen molar-refractivity contribution in [3.63, 3.8) is 0 Å². The Balaban J connectivity index is 5.00. The van der Waals surface area contributed by atoms with Crippen LogP contribution >= 0.6 is 0 Å². The van der Waals surface area contributed by atoms with Crippen molar-refractivity contribution >= 4 is 0 Å². The standard InChI is InChI=1S/C26H51NO3/c1-6-8-10-12-14-15-17-19-22-25(23-20-24-27,26(28-3,29-4)30-5)21-18-16-13-11-9-7-2/h6-23H2,1-5H3. The van der Waals surface area contributed by atoms with Gasteiger partial charge in [0.25, 0.3) is 5.97 Å². The van der Waals surface area contributed by atoms with E-state index < -0.39 is 5.97 Å². The van der Waals surface area contributed by atoms with Gasteiger partial charge < -0.3 is 14.2 Å². The van der Waals surface area contributed by atoms with E-state index in [4.69, 9.17) is 14.2 Å². The fourth-order valence-electron chi connectivity index (χ4n) is 4.87. The van der Waals surface area contributed by atoms with Crippen LogP contribution in [-0.4, -0.2) is 27.3 Å². The largest absolute Gasteiger partial charge is 0.330 e. The summed E-state index contributed by atoms with van der Waals surface area (Å²) in [4.78, 5) is 0. The predicted octanol–water partition coefficient (Wildman–Crippen LogP) is 8.15. The molecular formula is C26H51NO3. The van der Waals surface area contributed by atoms with E-state index in [9.17, 15) is 5.26 Å². The first-order valence-corrected chi connectivity index (χ1v) is 12.6. The lowest BCUT2D eigenvalue weighted by atomic mass is 9.72. The van der Waals surface area contributed by atoms with Gasteiger partial charge in [0.15, 0.2) is 0 Å². The minimum Gasteiger partial charge on any atom is -0.330 e. The van der Waals surface area contributed by atoms with Crippen LogP contribution in [0.4, 0.5) is 0 Å². The highest BCUT2D eigenvalue weighted by Crippen LogP contribution is 2.48. The van der Waals surface area contributed by atoms with Crippen molar-refractivity contribution in [2.75, 3.05) is 21.3 Å². The zero-order valence-corrected chi connectivity index (χ0v) is 20.9. The molecule has 1 atom stereocenters. The van der Waals surface area contributed by atoms with Gasteiger partial charge in [0.05, 0.1) is 11.5 Å². The van der Waals surface area contributed by atoms with Gasteiger partial charge in [0, 0.05) is 27.8 Å². The monoisotopic (exact) mass is 425 g/mol. The first-order chi connectivity index (χ1) is 14.6. The van der Waals surface area contributed by atoms with Crippen molar-refractivity contribution in [2.45, 2.75) is 135 Å². The van der Waals surface area contributed by atoms with Crippen LogP contribution in [0, 0.1) is 16.7 Å². The molecule has 0 saturated carbocycles. The fourth-order valence-corrected chi connectivity index (χ4v) is 4.87. The molecule has 0 N–H and O–H groups in total. The Bertz CT molecular complexity index is 409. The number of ether oxygens (including phenoxy) is 3. The summed E-state index contributed by atoms with van der Waals surface area (Å²) < 4.78 is 17.6. The van der Waals surface area contributed by atoms with E-state index in [0.29, 0.717) is 6.42 Å². The second kappa shape index (κ2) is 19.1. The fraction of sp³-hybridized carbons (Fsp3) is 0.962. The first-order valence-electron chi connectivity index (χ1n) is 12.6. The normalized spacial score (nSPS) is 13.9. The molecule has 0 heterocycles. The van der Waals surface area contributed by atoms with Crippen LogP contribution in [0.15, 0.2) is 0 Å². The summed E-state index contributed by atoms with van der Waals surface area (Å²) in [6, 6.07) is 2.35. The lowest BCUT2D eigenvalue weighted by Crippen LogP contribution is -2.53. The summed E-state index contributed by atoms with van der Waals surface area (Å²) in [6.45, 7) is 4.51. The average Bonchev–Trinajstić information content (AvgIpc) is 2.77. The van der Waals surface area contributed by atoms with Gasteiger partial charge in [-0.3, -0.25) is 0 Å². The Kier molecular flexibility index (Phi) is 18.7. The number of nitriles is 1. The van der Waals surface area contributed by atoms with Crippen LogP contribution < -0.4 is 0 Å². The predicted molar refractivity (Wildman–Crippen MR) is 126 cm³/mol. The maximum atomic E-state index is 9.32. The number of rotatable bonds is 22. The van der Waals surface area contributed by atoms with Gasteiger partial charge in [-0.1, -0.05) is 104 Å². The highest BCUT2D eigenvalue weighted by atomic mass is 16.9. The molecule has 178 valence electrons. The van der Waals surface area contributed by atoms with Crippen molar-refractivity contribution in [1.82, 2.24) is 0 Å². The van der Waals surface area contributed by atoms with Gasteiger partial charge in [-0.15, -0.1) is 0 Å². The minimum atomic E-state index is -1.08. The molecule has 0 bridgehead atoms. The van der Waals surface area contributed by atoms with Gasteiger partial charge >= 0.3 is 0 Å². The van der Waals surface area contributed by atoms with E-state index in [0.717, 1.165) is 32.1 Å². The number of hydrogen-bond donors (Lipinski definition) is 0. The molecule has 0 rings (SSSR count). The van der Waals surface area contributed by atoms with Gasteiger partial charge in [0.1, 0.15) is 0 Å². The van der Waals surface area contributed by atoms with Crippen molar-refractivity contribution in [3.8, 4) is 6.07 Å². The zero-order valence-electron chi connectivity index (χ0n) is 20.9. The third kappa shape index (κ3) is 10.6. The molecule has 0 spiro atoms. The SMILES string of the molecule is CCCCCCCCCCC(CCC#N)(CCCCCCCC)C(OC)(OC)OC. The Hall–Kier alpha value is -0.630. The molecule has 4 nitrogen and oxygen atoms in total. The molecule has 0 aromatic heterocycles. The average molecular weight is 426 g/mol. The highest BCUT2D eigenvalue weighted by molar-refractivity contribution is 4.91. The Labute approximate surface area is 188 Å². The molecular weight excluding hydrogens is 374 g/mol. The summed E-state index contributed by atoms with van der Waals surface area (Å²) >= 11 is 0. The smallest absolute Gasteiger partial charge is 0.288 e. The first kappa shape index (κ1) is 29.4. The second-order valence-electron chi connectivity index (χ2n) is 8.85. The molecule has 30 heavy (non-hydrogen) atoms. The Morgan fingerprint density at radius 2 is 0.933 bits per heavy atom. The van der Waals surface area contributed by atoms with Crippen molar-refractivity contribution in [2.24, 2.45) is 5.41 Å². The van der Waals surface area contributed by atoms with Crippen LogP contribution in [0.5, 0.6) is 0 Å². The topological polar surface area (TPSA) is 51.5 Å². The number of methoxy groups -OCH3 is 3. The van der Waals surface area contributed by atoms with Crippen molar-refractivity contribution in [1.29, 1.82) is 5.26 Å². The van der Waals surface area contributed by atoms with Gasteiger partial charge in [-0.25, -0.2) is 0 Å². The molecule has 0 aromatic rings. The van der Waals surface area contributed by atoms with E-state index in [1.54, 1.807) is 21.3 Å². The number of nitrogens with zero attached hydrogens (tertiary/aromatic N) is 1. The molecule has 0 aliphatic rings. The van der Waals surface area contributed by atoms with Gasteiger partial charge in [-0.05, 0) is 19.3 Å². The Morgan fingerprint density at radius 1 is 0.567 bits per heavy atom. The van der Waals surface area contributed by atoms with Crippen LogP contribution in [0.2, 0.25) is 0 Å². The van der Waals surface area contributed by atoms with E-state index in [2.05, 4.69) is 19.9 Å². The van der Waals surface area contributed by atoms with Crippen LogP contribution in [0.25, 0.3) is 0 Å². The van der Waals surface area contributed by atoms with Crippen molar-refractivity contribution < 1.29 is 14.2 Å². The summed E-state index contributed by atoms with van der Waals surface area (Å²) in [5.74, 6) is -1.08. The van der Waals surface area contributed by atoms with E-state index >= 15 is 0 Å². The van der Waals surface area contributed by atoms with Gasteiger partial charge in [0.2, 0.25) is 0 Å². The quantitative estimate of drug-likeness (QED) is 0.130. The second-order valence-corrected chi connectivity index (χ2v) is 8.85. The third-order valence-electron chi connectivity index (χ3n) is 6.69.